The molecule has 21 heavy (non-hydrogen) atoms. The zero-order valence-electron chi connectivity index (χ0n) is 16.1. The molecule has 0 aliphatic rings. The van der Waals surface area contributed by atoms with Crippen LogP contribution < -0.4 is 0 Å². The molecule has 0 atom stereocenters. The van der Waals surface area contributed by atoms with Crippen molar-refractivity contribution >= 4 is 25.7 Å². The Hall–Kier alpha value is 0.651. The Labute approximate surface area is 140 Å². The maximum Gasteiger partial charge on any atom is 0.0447 e. The van der Waals surface area contributed by atoms with Gasteiger partial charge in [0.25, 0.3) is 0 Å². The van der Waals surface area contributed by atoms with Crippen LogP contribution in [0.2, 0.25) is 48.1 Å². The molecule has 0 fully saturated rings. The lowest BCUT2D eigenvalue weighted by molar-refractivity contribution is 0.984. The van der Waals surface area contributed by atoms with Gasteiger partial charge in [-0.1, -0.05) is 115 Å². The second-order valence-electron chi connectivity index (χ2n) is 7.86. The highest BCUT2D eigenvalue weighted by Crippen LogP contribution is 2.30. The predicted molar refractivity (Wildman–Crippen MR) is 111 cm³/mol. The van der Waals surface area contributed by atoms with E-state index in [2.05, 4.69) is 41.2 Å². The summed E-state index contributed by atoms with van der Waals surface area (Å²) in [4.78, 5) is 0. The van der Waals surface area contributed by atoms with Crippen LogP contribution in [-0.2, 0) is 0 Å². The van der Waals surface area contributed by atoms with E-state index in [9.17, 15) is 0 Å². The molecule has 0 bridgehead atoms. The van der Waals surface area contributed by atoms with Crippen molar-refractivity contribution in [2.24, 2.45) is 0 Å². The van der Waals surface area contributed by atoms with Crippen molar-refractivity contribution in [2.75, 3.05) is 0 Å². The van der Waals surface area contributed by atoms with E-state index in [4.69, 9.17) is 0 Å². The van der Waals surface area contributed by atoms with Gasteiger partial charge in [-0.25, -0.2) is 0 Å². The van der Waals surface area contributed by atoms with E-state index in [0.29, 0.717) is 0 Å². The molecule has 0 aliphatic heterocycles. The second kappa shape index (κ2) is 13.1. The van der Waals surface area contributed by atoms with Crippen LogP contribution in [-0.4, -0.2) is 25.7 Å². The molecule has 0 aromatic carbocycles. The molecule has 0 saturated carbocycles. The summed E-state index contributed by atoms with van der Waals surface area (Å²) in [6.45, 7) is 14.9. The third kappa shape index (κ3) is 10.1. The summed E-state index contributed by atoms with van der Waals surface area (Å²) in [5, 5.41) is 0. The molecule has 0 N–H and O–H groups in total. The number of rotatable bonds is 14. The maximum absolute atomic E-state index is 2.81. The summed E-state index contributed by atoms with van der Waals surface area (Å²) in [6.07, 6.45) is 7.29. The van der Waals surface area contributed by atoms with Crippen LogP contribution in [0.4, 0.5) is 0 Å². The van der Waals surface area contributed by atoms with Gasteiger partial charge in [-0.3, -0.25) is 0 Å². The third-order valence-corrected chi connectivity index (χ3v) is 25.0. The summed E-state index contributed by atoms with van der Waals surface area (Å²) < 4.78 is 0. The quantitative estimate of drug-likeness (QED) is 0.309. The lowest BCUT2D eigenvalue weighted by atomic mass is 10.6. The standard InChI is InChI=1S/C18H44Si3/c1-7-12-19(13-8-2)17-21(6,16-11-5)18-20(14-9-3)15-10-4/h19-20H,7-18H2,1-6H3. The number of hydrogen-bond acceptors (Lipinski definition) is 0. The van der Waals surface area contributed by atoms with Gasteiger partial charge in [-0.2, -0.15) is 0 Å². The molecule has 0 aromatic rings. The van der Waals surface area contributed by atoms with Crippen LogP contribution in [0.3, 0.4) is 0 Å². The predicted octanol–water partition coefficient (Wildman–Crippen LogP) is 6.65. The molecular weight excluding hydrogens is 300 g/mol. The molecule has 0 radical (unpaired) electrons. The third-order valence-electron chi connectivity index (χ3n) is 5.20. The smallest absolute Gasteiger partial charge is 0.0447 e. The Morgan fingerprint density at radius 1 is 0.571 bits per heavy atom. The van der Waals surface area contributed by atoms with Crippen LogP contribution in [0.1, 0.15) is 66.7 Å². The molecule has 0 saturated heterocycles. The molecule has 0 amide bonds. The highest BCUT2D eigenvalue weighted by molar-refractivity contribution is 6.95. The summed E-state index contributed by atoms with van der Waals surface area (Å²) in [7, 11) is -1.71. The molecule has 128 valence electrons. The summed E-state index contributed by atoms with van der Waals surface area (Å²) in [5.74, 6) is 0. The van der Waals surface area contributed by atoms with Crippen LogP contribution in [0.5, 0.6) is 0 Å². The average Bonchev–Trinajstić information content (AvgIpc) is 2.39. The van der Waals surface area contributed by atoms with Gasteiger partial charge in [0.2, 0.25) is 0 Å². The summed E-state index contributed by atoms with van der Waals surface area (Å²) in [5.41, 5.74) is 3.58. The Bertz CT molecular complexity index is 201. The molecule has 0 aliphatic carbocycles. The van der Waals surface area contributed by atoms with E-state index in [1.807, 2.05) is 0 Å². The second-order valence-corrected chi connectivity index (χ2v) is 21.0. The molecule has 0 heterocycles. The van der Waals surface area contributed by atoms with Crippen molar-refractivity contribution < 1.29 is 0 Å². The number of hydrogen-bond donors (Lipinski definition) is 0. The van der Waals surface area contributed by atoms with Gasteiger partial charge in [0.1, 0.15) is 0 Å². The Morgan fingerprint density at radius 2 is 0.905 bits per heavy atom. The van der Waals surface area contributed by atoms with Crippen LogP contribution >= 0.6 is 0 Å². The lowest BCUT2D eigenvalue weighted by Crippen LogP contribution is -2.40. The van der Waals surface area contributed by atoms with Crippen LogP contribution in [0.15, 0.2) is 0 Å². The Balaban J connectivity index is 4.75. The minimum absolute atomic E-state index is 0.405. The van der Waals surface area contributed by atoms with Gasteiger partial charge in [0.15, 0.2) is 0 Å². The fourth-order valence-corrected chi connectivity index (χ4v) is 27.9. The van der Waals surface area contributed by atoms with Crippen LogP contribution in [0.25, 0.3) is 0 Å². The minimum atomic E-state index is -0.901. The van der Waals surface area contributed by atoms with E-state index in [0.717, 1.165) is 0 Å². The maximum atomic E-state index is 2.81. The first-order valence-corrected chi connectivity index (χ1v) is 18.1. The van der Waals surface area contributed by atoms with Crippen molar-refractivity contribution in [3.05, 3.63) is 0 Å². The van der Waals surface area contributed by atoms with Gasteiger partial charge in [0.05, 0.1) is 0 Å². The van der Waals surface area contributed by atoms with Crippen molar-refractivity contribution in [1.82, 2.24) is 0 Å². The highest BCUT2D eigenvalue weighted by atomic mass is 28.4. The summed E-state index contributed by atoms with van der Waals surface area (Å²) >= 11 is 0. The summed E-state index contributed by atoms with van der Waals surface area (Å²) in [6, 6.07) is 8.17. The minimum Gasteiger partial charge on any atom is -0.0696 e. The van der Waals surface area contributed by atoms with Gasteiger partial charge >= 0.3 is 0 Å². The lowest BCUT2D eigenvalue weighted by Gasteiger charge is -2.34. The van der Waals surface area contributed by atoms with Gasteiger partial charge in [-0.05, 0) is 0 Å². The fourth-order valence-electron chi connectivity index (χ4n) is 4.61. The van der Waals surface area contributed by atoms with Crippen LogP contribution in [0, 0.1) is 0 Å². The largest absolute Gasteiger partial charge is 0.0696 e. The van der Waals surface area contributed by atoms with E-state index in [1.165, 1.54) is 32.1 Å². The van der Waals surface area contributed by atoms with Crippen molar-refractivity contribution in [2.45, 2.75) is 115 Å². The van der Waals surface area contributed by atoms with E-state index >= 15 is 0 Å². The normalized spacial score (nSPS) is 12.6. The monoisotopic (exact) mass is 344 g/mol. The van der Waals surface area contributed by atoms with E-state index < -0.39 is 25.7 Å². The SMILES string of the molecule is CCC[SiH](CCC)C[Si](C)(CCC)C[SiH](CCC)CCC. The van der Waals surface area contributed by atoms with Gasteiger partial charge < -0.3 is 0 Å². The average molecular weight is 345 g/mol. The van der Waals surface area contributed by atoms with Crippen molar-refractivity contribution in [1.29, 1.82) is 0 Å². The molecular formula is C18H44Si3. The molecule has 0 spiro atoms. The Kier molecular flexibility index (Phi) is 13.5. The van der Waals surface area contributed by atoms with Gasteiger partial charge in [-0.15, -0.1) is 0 Å². The Morgan fingerprint density at radius 3 is 1.14 bits per heavy atom. The van der Waals surface area contributed by atoms with Crippen molar-refractivity contribution in [3.8, 4) is 0 Å². The first kappa shape index (κ1) is 21.7. The molecule has 3 heteroatoms. The van der Waals surface area contributed by atoms with E-state index in [1.54, 1.807) is 41.6 Å². The fraction of sp³-hybridized carbons (Fsp3) is 1.00. The zero-order chi connectivity index (χ0) is 16.1. The van der Waals surface area contributed by atoms with Crippen molar-refractivity contribution in [3.63, 3.8) is 0 Å². The first-order valence-electron chi connectivity index (χ1n) is 10.0. The first-order chi connectivity index (χ1) is 10.0. The molecule has 0 aromatic heterocycles. The highest BCUT2D eigenvalue weighted by Gasteiger charge is 2.32. The molecule has 0 unspecified atom stereocenters. The van der Waals surface area contributed by atoms with E-state index in [-0.39, 0.29) is 0 Å². The topological polar surface area (TPSA) is 0 Å². The molecule has 0 nitrogen and oxygen atoms in total. The molecule has 0 rings (SSSR count). The zero-order valence-corrected chi connectivity index (χ0v) is 19.4. The van der Waals surface area contributed by atoms with Gasteiger partial charge in [0, 0.05) is 25.7 Å².